The van der Waals surface area contributed by atoms with Crippen molar-refractivity contribution < 1.29 is 4.74 Å². The highest BCUT2D eigenvalue weighted by Gasteiger charge is 2.24. The third kappa shape index (κ3) is 23.3. The van der Waals surface area contributed by atoms with E-state index in [-0.39, 0.29) is 27.8 Å². The predicted molar refractivity (Wildman–Crippen MR) is 519 cm³/mol. The molecule has 2 atom stereocenters. The Morgan fingerprint density at radius 1 is 0.323 bits per heavy atom. The molecule has 15 aromatic rings. The summed E-state index contributed by atoms with van der Waals surface area (Å²) in [6.45, 7) is 18.6. The van der Waals surface area contributed by atoms with Gasteiger partial charge in [0.05, 0.1) is 40.5 Å². The van der Waals surface area contributed by atoms with Crippen molar-refractivity contribution in [3.8, 4) is 59.2 Å². The number of nitrogens with zero attached hydrogens (tertiary/aromatic N) is 12. The van der Waals surface area contributed by atoms with Crippen molar-refractivity contribution in [2.75, 3.05) is 40.9 Å². The van der Waals surface area contributed by atoms with Gasteiger partial charge >= 0.3 is 0 Å². The van der Waals surface area contributed by atoms with E-state index in [0.717, 1.165) is 191 Å². The van der Waals surface area contributed by atoms with Crippen molar-refractivity contribution in [1.29, 1.82) is 0 Å². The van der Waals surface area contributed by atoms with Crippen LogP contribution in [0.25, 0.3) is 28.2 Å². The Balaban J connectivity index is 0.000000125. The Morgan fingerprint density at radius 3 is 0.946 bits per heavy atom. The number of aryl methyl sites for hydroxylation is 9. The number of hydrogen-bond donors (Lipinski definition) is 0. The monoisotopic (exact) mass is 1720 g/mol. The van der Waals surface area contributed by atoms with Crippen LogP contribution in [0.4, 0.5) is 0 Å². The number of aromatic nitrogens is 10. The lowest BCUT2D eigenvalue weighted by Crippen LogP contribution is -2.30. The molecule has 4 aliphatic rings. The number of ether oxygens (including phenoxy) is 1. The van der Waals surface area contributed by atoms with Gasteiger partial charge in [-0.05, 0) is 266 Å². The molecular formula is C112H108N12O6. The van der Waals surface area contributed by atoms with E-state index in [1.807, 2.05) is 154 Å². The van der Waals surface area contributed by atoms with Gasteiger partial charge in [0.1, 0.15) is 28.2 Å². The van der Waals surface area contributed by atoms with Gasteiger partial charge < -0.3 is 14.5 Å². The van der Waals surface area contributed by atoms with E-state index in [2.05, 4.69) is 171 Å². The maximum absolute atomic E-state index is 13.0. The molecule has 5 aromatic carbocycles. The topological polar surface area (TPSA) is 188 Å². The lowest BCUT2D eigenvalue weighted by Gasteiger charge is -2.21. The number of hydrogen-bond acceptors (Lipinski definition) is 13. The first kappa shape index (κ1) is 90.4. The maximum atomic E-state index is 13.0. The second-order valence-corrected chi connectivity index (χ2v) is 34.8. The number of methoxy groups -OCH3 is 1. The van der Waals surface area contributed by atoms with Crippen molar-refractivity contribution >= 4 is 28.2 Å². The maximum Gasteiger partial charge on any atom is 0.262 e. The third-order valence-electron chi connectivity index (χ3n) is 24.0. The first-order valence-electron chi connectivity index (χ1n) is 45.0. The van der Waals surface area contributed by atoms with Crippen LogP contribution in [0.5, 0.6) is 0 Å². The number of fused-ring (bicyclic) bond motifs is 9. The van der Waals surface area contributed by atoms with Crippen LogP contribution in [0, 0.1) is 106 Å². The van der Waals surface area contributed by atoms with Crippen LogP contribution in [-0.4, -0.2) is 97.6 Å². The highest BCUT2D eigenvalue weighted by Crippen LogP contribution is 2.25. The largest absolute Gasteiger partial charge is 0.384 e. The van der Waals surface area contributed by atoms with E-state index in [1.165, 1.54) is 40.7 Å². The lowest BCUT2D eigenvalue weighted by atomic mass is 9.90. The Kier molecular flexibility index (Phi) is 29.5. The van der Waals surface area contributed by atoms with Crippen LogP contribution in [0.1, 0.15) is 199 Å². The minimum Gasteiger partial charge on any atom is -0.384 e. The molecule has 2 unspecified atom stereocenters. The molecule has 0 radical (unpaired) electrons. The summed E-state index contributed by atoms with van der Waals surface area (Å²) in [7, 11) is 5.73. The molecule has 652 valence electrons. The molecule has 0 saturated carbocycles. The Hall–Kier alpha value is -14.4. The van der Waals surface area contributed by atoms with Crippen LogP contribution >= 0.6 is 0 Å². The summed E-state index contributed by atoms with van der Waals surface area (Å²) < 4.78 is 13.2. The first-order chi connectivity index (χ1) is 63.1. The highest BCUT2D eigenvalue weighted by atomic mass is 16.5. The van der Waals surface area contributed by atoms with Gasteiger partial charge in [-0.15, -0.1) is 0 Å². The summed E-state index contributed by atoms with van der Waals surface area (Å²) in [5, 5.41) is 0. The van der Waals surface area contributed by atoms with Gasteiger partial charge in [-0.1, -0.05) is 181 Å². The third-order valence-corrected chi connectivity index (χ3v) is 24.0. The average molecular weight is 1720 g/mol. The van der Waals surface area contributed by atoms with Crippen LogP contribution in [0.3, 0.4) is 0 Å². The van der Waals surface area contributed by atoms with E-state index < -0.39 is 0 Å². The van der Waals surface area contributed by atoms with Crippen LogP contribution in [0.15, 0.2) is 243 Å². The summed E-state index contributed by atoms with van der Waals surface area (Å²) in [6.07, 6.45) is 25.3. The second-order valence-electron chi connectivity index (χ2n) is 34.8. The van der Waals surface area contributed by atoms with Gasteiger partial charge in [0.25, 0.3) is 27.8 Å². The molecule has 0 spiro atoms. The highest BCUT2D eigenvalue weighted by molar-refractivity contribution is 5.57. The van der Waals surface area contributed by atoms with Crippen molar-refractivity contribution in [3.05, 3.63) is 405 Å². The SMILES string of the molecule is COCCc1cnc2cc(C#Cc3ccc(C)cc3)ccn2c1=O.Cc1ccc(C#Cc2ccn3c(=O)c4c(nc3c2)CCCC(C)C4)cc1.Cc1ccc(C#Cc2ccn3c(=O)c4c(nc3c2)CCCCC(C)C4)cc1.Cc1ccc(C#Cc2ccn3c(=O)c4c(nc3c2)CCCCN(C)C4)cc1.Cc1ccc(C#Cc2ccn3c(=O)c4c(nc3c2)CCCN(C)C4)cc1. The van der Waals surface area contributed by atoms with Gasteiger partial charge in [-0.2, -0.15) is 0 Å². The Bertz CT molecular complexity index is 7030. The van der Waals surface area contributed by atoms with Crippen molar-refractivity contribution in [3.63, 3.8) is 0 Å². The summed E-state index contributed by atoms with van der Waals surface area (Å²) in [5.41, 5.74) is 26.7. The standard InChI is InChI=1S/C24H24N2O.C23H23N3O.C23H22N2O.C22H21N3O.C20H18N2O2/c1-17-7-9-19(10-8-17)11-12-20-13-14-26-23(16-20)25-22-6-4-3-5-18(2)15-21(22)24(26)27;1-17-6-8-18(9-7-17)10-11-19-12-14-26-22(15-19)24-21-5-3-4-13-25(2)16-20(21)23(26)27;1-16-6-8-18(9-7-16)10-11-19-12-13-25-22(15-19)24-21-5-3-4-17(2)14-20(21)23(25)26;1-16-5-7-17(8-6-16)9-10-18-11-13-25-21(14-18)23-20-4-3-12-24(2)15-19(20)22(25)26;1-15-3-5-16(6-4-15)7-8-17-9-11-22-19(13-17)21-14-18(20(22)23)10-12-24-2/h7-10,13-14,16,18H,3-6,15H2,1-2H3;6-9,12,14-15H,3-5,13,16H2,1-2H3;6-9,12-13,15,17H,3-5,14H2,1-2H3;5-8,11,13-14H,3-4,12,15H2,1-2H3;3-6,9,11,13-14H,10,12H2,1-2H3. The fourth-order valence-electron chi connectivity index (χ4n) is 16.4. The molecule has 12 heterocycles. The van der Waals surface area contributed by atoms with E-state index in [0.29, 0.717) is 71.8 Å². The average Bonchev–Trinajstić information content (AvgIpc) is 1.39. The molecule has 19 rings (SSSR count). The molecular weight excluding hydrogens is 1610 g/mol. The molecule has 2 aliphatic heterocycles. The quantitative estimate of drug-likeness (QED) is 0.120. The molecule has 0 saturated heterocycles. The molecule has 0 bridgehead atoms. The van der Waals surface area contributed by atoms with Crippen molar-refractivity contribution in [2.45, 2.75) is 158 Å². The van der Waals surface area contributed by atoms with Gasteiger partial charge in [-0.3, -0.25) is 46.0 Å². The minimum absolute atomic E-state index is 0.0387. The molecule has 130 heavy (non-hydrogen) atoms. The van der Waals surface area contributed by atoms with Gasteiger partial charge in [0.2, 0.25) is 0 Å². The lowest BCUT2D eigenvalue weighted by molar-refractivity contribution is 0.202. The molecule has 0 N–H and O–H groups in total. The zero-order valence-corrected chi connectivity index (χ0v) is 75.9. The molecule has 10 aromatic heterocycles. The molecule has 0 amide bonds. The number of benzene rings is 5. The zero-order chi connectivity index (χ0) is 90.7. The Labute approximate surface area is 759 Å². The van der Waals surface area contributed by atoms with Gasteiger partial charge in [0.15, 0.2) is 0 Å². The first-order valence-corrected chi connectivity index (χ1v) is 45.0. The van der Waals surface area contributed by atoms with Crippen LogP contribution < -0.4 is 27.8 Å². The summed E-state index contributed by atoms with van der Waals surface area (Å²) in [4.78, 5) is 92.0. The number of rotatable bonds is 3. The van der Waals surface area contributed by atoms with E-state index in [4.69, 9.17) is 24.7 Å². The van der Waals surface area contributed by atoms with Crippen LogP contribution in [0.2, 0.25) is 0 Å². The predicted octanol–water partition coefficient (Wildman–Crippen LogP) is 16.8. The van der Waals surface area contributed by atoms with Gasteiger partial charge in [-0.25, -0.2) is 24.9 Å². The minimum atomic E-state index is -0.0601. The summed E-state index contributed by atoms with van der Waals surface area (Å²) in [5.74, 6) is 32.8. The fraction of sp³-hybridized carbons (Fsp3) is 0.286. The van der Waals surface area contributed by atoms with E-state index >= 15 is 0 Å². The normalized spacial score (nSPS) is 14.6. The number of pyridine rings is 5. The Morgan fingerprint density at radius 2 is 0.600 bits per heavy atom. The smallest absolute Gasteiger partial charge is 0.262 e. The van der Waals surface area contributed by atoms with Crippen molar-refractivity contribution in [1.82, 2.24) is 56.7 Å². The van der Waals surface area contributed by atoms with Crippen LogP contribution in [-0.2, 0) is 62.8 Å². The molecule has 0 fully saturated rings. The summed E-state index contributed by atoms with van der Waals surface area (Å²) >= 11 is 0. The summed E-state index contributed by atoms with van der Waals surface area (Å²) in [6, 6.07) is 59.5. The van der Waals surface area contributed by atoms with E-state index in [9.17, 15) is 24.0 Å². The van der Waals surface area contributed by atoms with Gasteiger partial charge in [0, 0.05) is 136 Å². The van der Waals surface area contributed by atoms with E-state index in [1.54, 1.807) is 60.1 Å². The fourth-order valence-corrected chi connectivity index (χ4v) is 16.4. The zero-order valence-electron chi connectivity index (χ0n) is 75.9. The second kappa shape index (κ2) is 42.5. The van der Waals surface area contributed by atoms with Crippen molar-refractivity contribution in [2.24, 2.45) is 11.8 Å². The molecule has 18 heteroatoms. The molecule has 18 nitrogen and oxygen atoms in total. The molecule has 2 aliphatic carbocycles.